The maximum Gasteiger partial charge on any atom is 0.133 e. The second-order valence-corrected chi connectivity index (χ2v) is 4.68. The summed E-state index contributed by atoms with van der Waals surface area (Å²) in [4.78, 5) is 5.81. The van der Waals surface area contributed by atoms with Crippen molar-refractivity contribution in [1.29, 1.82) is 0 Å². The van der Waals surface area contributed by atoms with E-state index in [1.54, 1.807) is 0 Å². The molecular formula is C14H22ClNO2. The zero-order chi connectivity index (χ0) is 12.1. The average molecular weight is 272 g/mol. The first kappa shape index (κ1) is 15.4. The van der Waals surface area contributed by atoms with Crippen molar-refractivity contribution in [2.45, 2.75) is 45.6 Å². The molecule has 0 radical (unpaired) electrons. The van der Waals surface area contributed by atoms with Gasteiger partial charge in [-0.15, -0.1) is 12.4 Å². The largest absolute Gasteiger partial charge is 0.358 e. The Morgan fingerprint density at radius 1 is 1.28 bits per heavy atom. The highest BCUT2D eigenvalue weighted by molar-refractivity contribution is 5.85. The number of rotatable bonds is 5. The van der Waals surface area contributed by atoms with E-state index in [0.29, 0.717) is 6.61 Å². The summed E-state index contributed by atoms with van der Waals surface area (Å²) in [6.07, 6.45) is 2.58. The van der Waals surface area contributed by atoms with Crippen LogP contribution in [0, 0.1) is 0 Å². The van der Waals surface area contributed by atoms with E-state index in [4.69, 9.17) is 9.57 Å². The summed E-state index contributed by atoms with van der Waals surface area (Å²) in [5.41, 5.74) is 1.20. The lowest BCUT2D eigenvalue weighted by Gasteiger charge is -2.25. The molecule has 102 valence electrons. The number of hydrogen-bond donors (Lipinski definition) is 0. The van der Waals surface area contributed by atoms with Gasteiger partial charge in [0.1, 0.15) is 6.23 Å². The molecule has 0 saturated carbocycles. The van der Waals surface area contributed by atoms with Crippen LogP contribution in [-0.2, 0) is 16.2 Å². The highest BCUT2D eigenvalue weighted by Gasteiger charge is 2.26. The molecule has 0 bridgehead atoms. The van der Waals surface area contributed by atoms with Crippen LogP contribution in [0.15, 0.2) is 30.3 Å². The average Bonchev–Trinajstić information content (AvgIpc) is 2.74. The molecule has 1 atom stereocenters. The molecule has 0 spiro atoms. The molecule has 0 N–H and O–H groups in total. The third kappa shape index (κ3) is 4.58. The summed E-state index contributed by atoms with van der Waals surface area (Å²) >= 11 is 0. The standard InChI is InChI=1S/C14H21NO2.ClH/c1-12(2)17-14-9-6-10-15(14)16-11-13-7-4-3-5-8-13;/h3-5,7-8,12,14H,6,9-11H2,1-2H3;1H. The Morgan fingerprint density at radius 3 is 2.67 bits per heavy atom. The van der Waals surface area contributed by atoms with Crippen molar-refractivity contribution in [3.63, 3.8) is 0 Å². The normalized spacial score (nSPS) is 20.1. The van der Waals surface area contributed by atoms with Crippen LogP contribution in [0.4, 0.5) is 0 Å². The molecular weight excluding hydrogens is 250 g/mol. The Kier molecular flexibility index (Phi) is 6.65. The van der Waals surface area contributed by atoms with E-state index in [2.05, 4.69) is 26.0 Å². The van der Waals surface area contributed by atoms with E-state index < -0.39 is 0 Å². The molecule has 0 aliphatic carbocycles. The molecule has 0 aromatic heterocycles. The molecule has 1 aromatic rings. The fourth-order valence-corrected chi connectivity index (χ4v) is 2.04. The van der Waals surface area contributed by atoms with Crippen LogP contribution in [0.25, 0.3) is 0 Å². The van der Waals surface area contributed by atoms with E-state index in [0.717, 1.165) is 19.4 Å². The van der Waals surface area contributed by atoms with E-state index in [-0.39, 0.29) is 24.7 Å². The van der Waals surface area contributed by atoms with Gasteiger partial charge in [0.2, 0.25) is 0 Å². The van der Waals surface area contributed by atoms with Crippen LogP contribution in [0.2, 0.25) is 0 Å². The van der Waals surface area contributed by atoms with E-state index in [1.807, 2.05) is 23.3 Å². The van der Waals surface area contributed by atoms with Gasteiger partial charge in [0, 0.05) is 6.54 Å². The fraction of sp³-hybridized carbons (Fsp3) is 0.571. The number of ether oxygens (including phenoxy) is 1. The summed E-state index contributed by atoms with van der Waals surface area (Å²) in [5.74, 6) is 0. The van der Waals surface area contributed by atoms with E-state index in [1.165, 1.54) is 5.56 Å². The van der Waals surface area contributed by atoms with Gasteiger partial charge in [0.25, 0.3) is 0 Å². The van der Waals surface area contributed by atoms with Crippen LogP contribution < -0.4 is 0 Å². The molecule has 0 amide bonds. The number of hydrogen-bond acceptors (Lipinski definition) is 3. The Hall–Kier alpha value is -0.610. The minimum Gasteiger partial charge on any atom is -0.358 e. The van der Waals surface area contributed by atoms with Crippen molar-refractivity contribution >= 4 is 12.4 Å². The molecule has 18 heavy (non-hydrogen) atoms. The summed E-state index contributed by atoms with van der Waals surface area (Å²) < 4.78 is 5.81. The number of nitrogens with zero attached hydrogens (tertiary/aromatic N) is 1. The first-order valence-corrected chi connectivity index (χ1v) is 6.34. The minimum atomic E-state index is 0. The predicted octanol–water partition coefficient (Wildman–Crippen LogP) is 3.39. The molecule has 3 nitrogen and oxygen atoms in total. The van der Waals surface area contributed by atoms with E-state index >= 15 is 0 Å². The van der Waals surface area contributed by atoms with Gasteiger partial charge >= 0.3 is 0 Å². The number of benzene rings is 1. The lowest BCUT2D eigenvalue weighted by Crippen LogP contribution is -2.33. The van der Waals surface area contributed by atoms with Crippen LogP contribution in [0.3, 0.4) is 0 Å². The lowest BCUT2D eigenvalue weighted by molar-refractivity contribution is -0.248. The third-order valence-electron chi connectivity index (χ3n) is 2.82. The van der Waals surface area contributed by atoms with Crippen LogP contribution in [-0.4, -0.2) is 23.9 Å². The highest BCUT2D eigenvalue weighted by Crippen LogP contribution is 2.20. The van der Waals surface area contributed by atoms with Crippen molar-refractivity contribution in [2.75, 3.05) is 6.54 Å². The molecule has 1 unspecified atom stereocenters. The van der Waals surface area contributed by atoms with Crippen LogP contribution in [0.1, 0.15) is 32.3 Å². The van der Waals surface area contributed by atoms with Crippen molar-refractivity contribution in [3.8, 4) is 0 Å². The summed E-state index contributed by atoms with van der Waals surface area (Å²) in [5, 5.41) is 1.98. The summed E-state index contributed by atoms with van der Waals surface area (Å²) in [6.45, 7) is 5.71. The molecule has 2 rings (SSSR count). The Balaban J connectivity index is 0.00000162. The summed E-state index contributed by atoms with van der Waals surface area (Å²) in [6, 6.07) is 10.2. The van der Waals surface area contributed by atoms with Gasteiger partial charge in [-0.25, -0.2) is 0 Å². The first-order valence-electron chi connectivity index (χ1n) is 6.34. The molecule has 1 aromatic carbocycles. The van der Waals surface area contributed by atoms with E-state index in [9.17, 15) is 0 Å². The van der Waals surface area contributed by atoms with Gasteiger partial charge in [0.05, 0.1) is 12.7 Å². The van der Waals surface area contributed by atoms with Gasteiger partial charge < -0.3 is 4.74 Å². The van der Waals surface area contributed by atoms with Gasteiger partial charge in [-0.1, -0.05) is 30.3 Å². The molecule has 1 aliphatic heterocycles. The molecule has 4 heteroatoms. The first-order chi connectivity index (χ1) is 8.25. The van der Waals surface area contributed by atoms with Gasteiger partial charge in [-0.2, -0.15) is 5.06 Å². The van der Waals surface area contributed by atoms with Gasteiger partial charge in [-0.05, 0) is 32.3 Å². The smallest absolute Gasteiger partial charge is 0.133 e. The molecule has 1 fully saturated rings. The third-order valence-corrected chi connectivity index (χ3v) is 2.82. The maximum absolute atomic E-state index is 5.81. The monoisotopic (exact) mass is 271 g/mol. The van der Waals surface area contributed by atoms with Crippen molar-refractivity contribution in [3.05, 3.63) is 35.9 Å². The van der Waals surface area contributed by atoms with Gasteiger partial charge in [-0.3, -0.25) is 4.84 Å². The minimum absolute atomic E-state index is 0. The van der Waals surface area contributed by atoms with Crippen molar-refractivity contribution < 1.29 is 9.57 Å². The zero-order valence-electron chi connectivity index (χ0n) is 11.0. The Labute approximate surface area is 115 Å². The molecule has 1 saturated heterocycles. The molecule has 1 aliphatic rings. The second-order valence-electron chi connectivity index (χ2n) is 4.68. The Bertz CT molecular complexity index is 332. The maximum atomic E-state index is 5.81. The highest BCUT2D eigenvalue weighted by atomic mass is 35.5. The fourth-order valence-electron chi connectivity index (χ4n) is 2.04. The number of halogens is 1. The topological polar surface area (TPSA) is 21.7 Å². The van der Waals surface area contributed by atoms with Crippen molar-refractivity contribution in [2.24, 2.45) is 0 Å². The molecule has 1 heterocycles. The second kappa shape index (κ2) is 7.74. The number of hydroxylamine groups is 2. The predicted molar refractivity (Wildman–Crippen MR) is 74.4 cm³/mol. The lowest BCUT2D eigenvalue weighted by atomic mass is 10.2. The Morgan fingerprint density at radius 2 is 2.00 bits per heavy atom. The van der Waals surface area contributed by atoms with Gasteiger partial charge in [0.15, 0.2) is 0 Å². The van der Waals surface area contributed by atoms with Crippen LogP contribution >= 0.6 is 12.4 Å². The summed E-state index contributed by atoms with van der Waals surface area (Å²) in [7, 11) is 0. The van der Waals surface area contributed by atoms with Crippen LogP contribution in [0.5, 0.6) is 0 Å². The zero-order valence-corrected chi connectivity index (χ0v) is 11.9. The SMILES string of the molecule is CC(C)OC1CCCN1OCc1ccccc1.Cl. The van der Waals surface area contributed by atoms with Crippen molar-refractivity contribution in [1.82, 2.24) is 5.06 Å². The quantitative estimate of drug-likeness (QED) is 0.819.